The lowest BCUT2D eigenvalue weighted by atomic mass is 9.88. The van der Waals surface area contributed by atoms with Gasteiger partial charge in [0.05, 0.1) is 21.6 Å². The molecule has 0 amide bonds. The number of nitro benzene ring substituents is 1. The first-order valence-electron chi connectivity index (χ1n) is 6.91. The Morgan fingerprint density at radius 2 is 1.88 bits per heavy atom. The van der Waals surface area contributed by atoms with Crippen molar-refractivity contribution >= 4 is 21.3 Å². The number of rotatable bonds is 4. The van der Waals surface area contributed by atoms with Crippen molar-refractivity contribution in [3.8, 4) is 0 Å². The van der Waals surface area contributed by atoms with E-state index in [0.29, 0.717) is 5.76 Å². The molecule has 128 valence electrons. The largest absolute Gasteiger partial charge is 0.360 e. The summed E-state index contributed by atoms with van der Waals surface area (Å²) in [7, 11) is -3.63. The molecule has 0 fully saturated rings. The maximum atomic E-state index is 12.7. The molecule has 24 heavy (non-hydrogen) atoms. The van der Waals surface area contributed by atoms with Crippen LogP contribution >= 0.6 is 0 Å². The highest BCUT2D eigenvalue weighted by Gasteiger charge is 2.31. The van der Waals surface area contributed by atoms with Gasteiger partial charge in [-0.3, -0.25) is 14.9 Å². The summed E-state index contributed by atoms with van der Waals surface area (Å²) in [6, 6.07) is 3.18. The van der Waals surface area contributed by atoms with Crippen LogP contribution in [0, 0.1) is 10.1 Å². The Labute approximate surface area is 138 Å². The van der Waals surface area contributed by atoms with E-state index in [9.17, 15) is 23.3 Å². The van der Waals surface area contributed by atoms with Crippen LogP contribution in [0.15, 0.2) is 33.8 Å². The second-order valence-electron chi connectivity index (χ2n) is 6.36. The predicted octanol–water partition coefficient (Wildman–Crippen LogP) is 2.51. The van der Waals surface area contributed by atoms with Crippen LogP contribution in [0.2, 0.25) is 0 Å². The van der Waals surface area contributed by atoms with Gasteiger partial charge in [-0.2, -0.15) is 0 Å². The Hall–Kier alpha value is -2.55. The fraction of sp³-hybridized carbons (Fsp3) is 0.333. The summed E-state index contributed by atoms with van der Waals surface area (Å²) in [5.41, 5.74) is -1.22. The number of aromatic nitrogens is 1. The molecule has 0 saturated heterocycles. The van der Waals surface area contributed by atoms with Crippen LogP contribution in [0.25, 0.3) is 0 Å². The van der Waals surface area contributed by atoms with Crippen LogP contribution in [-0.2, 0) is 15.3 Å². The third-order valence-electron chi connectivity index (χ3n) is 3.33. The number of hydrogen-bond acceptors (Lipinski definition) is 7. The minimum absolute atomic E-state index is 0.109. The summed E-state index contributed by atoms with van der Waals surface area (Å²) >= 11 is 0. The molecule has 0 bridgehead atoms. The Morgan fingerprint density at radius 3 is 2.38 bits per heavy atom. The monoisotopic (exact) mass is 352 g/mol. The van der Waals surface area contributed by atoms with E-state index in [0.717, 1.165) is 18.4 Å². The number of carbonyl (C=O) groups excluding carboxylic acids is 1. The van der Waals surface area contributed by atoms with Crippen LogP contribution in [0.1, 0.15) is 42.5 Å². The molecule has 0 N–H and O–H groups in total. The van der Waals surface area contributed by atoms with Crippen molar-refractivity contribution in [2.75, 3.05) is 6.26 Å². The van der Waals surface area contributed by atoms with Gasteiger partial charge in [0.2, 0.25) is 5.78 Å². The summed E-state index contributed by atoms with van der Waals surface area (Å²) in [4.78, 5) is 23.0. The molecule has 1 heterocycles. The van der Waals surface area contributed by atoms with Crippen molar-refractivity contribution in [1.29, 1.82) is 0 Å². The average molecular weight is 352 g/mol. The van der Waals surface area contributed by atoms with Gasteiger partial charge in [-0.05, 0) is 12.1 Å². The number of ketones is 1. The van der Waals surface area contributed by atoms with E-state index in [4.69, 9.17) is 4.52 Å². The molecule has 0 aliphatic heterocycles. The van der Waals surface area contributed by atoms with E-state index in [1.54, 1.807) is 0 Å². The van der Waals surface area contributed by atoms with Crippen LogP contribution in [0.5, 0.6) is 0 Å². The van der Waals surface area contributed by atoms with Crippen molar-refractivity contribution < 1.29 is 22.7 Å². The zero-order chi connectivity index (χ0) is 18.3. The highest BCUT2D eigenvalue weighted by molar-refractivity contribution is 7.90. The second kappa shape index (κ2) is 5.82. The fourth-order valence-corrected chi connectivity index (χ4v) is 2.81. The third-order valence-corrected chi connectivity index (χ3v) is 4.45. The topological polar surface area (TPSA) is 120 Å². The summed E-state index contributed by atoms with van der Waals surface area (Å²) in [5, 5.41) is 14.9. The lowest BCUT2D eigenvalue weighted by Crippen LogP contribution is -2.16. The maximum Gasteiger partial charge on any atom is 0.281 e. The van der Waals surface area contributed by atoms with Crippen LogP contribution < -0.4 is 0 Å². The molecule has 0 spiro atoms. The van der Waals surface area contributed by atoms with Gasteiger partial charge in [0.25, 0.3) is 5.69 Å². The van der Waals surface area contributed by atoms with Crippen molar-refractivity contribution in [3.63, 3.8) is 0 Å². The predicted molar refractivity (Wildman–Crippen MR) is 84.8 cm³/mol. The van der Waals surface area contributed by atoms with Gasteiger partial charge < -0.3 is 4.52 Å². The first-order valence-corrected chi connectivity index (χ1v) is 8.80. The smallest absolute Gasteiger partial charge is 0.281 e. The van der Waals surface area contributed by atoms with Crippen molar-refractivity contribution in [2.24, 2.45) is 0 Å². The van der Waals surface area contributed by atoms with Crippen molar-refractivity contribution in [2.45, 2.75) is 31.1 Å². The van der Waals surface area contributed by atoms with Crippen LogP contribution in [0.3, 0.4) is 0 Å². The van der Waals surface area contributed by atoms with E-state index in [2.05, 4.69) is 5.16 Å². The number of benzene rings is 1. The van der Waals surface area contributed by atoms with E-state index in [1.807, 2.05) is 20.8 Å². The molecule has 2 rings (SSSR count). The van der Waals surface area contributed by atoms with Gasteiger partial charge in [-0.25, -0.2) is 8.42 Å². The minimum Gasteiger partial charge on any atom is -0.360 e. The van der Waals surface area contributed by atoms with Crippen LogP contribution in [-0.4, -0.2) is 30.5 Å². The molecule has 1 aromatic heterocycles. The molecule has 0 atom stereocenters. The number of nitro groups is 1. The lowest BCUT2D eigenvalue weighted by Gasteiger charge is -2.15. The van der Waals surface area contributed by atoms with E-state index in [1.165, 1.54) is 12.3 Å². The highest BCUT2D eigenvalue weighted by Crippen LogP contribution is 2.30. The maximum absolute atomic E-state index is 12.7. The third kappa shape index (κ3) is 3.35. The number of nitrogens with zero attached hydrogens (tertiary/aromatic N) is 2. The van der Waals surface area contributed by atoms with E-state index >= 15 is 0 Å². The molecule has 2 aromatic rings. The first kappa shape index (κ1) is 17.8. The number of hydrogen-bond donors (Lipinski definition) is 0. The quantitative estimate of drug-likeness (QED) is 0.471. The number of carbonyl (C=O) groups is 1. The SMILES string of the molecule is CC(C)(C)c1oncc1C(=O)c1ccc(S(C)(=O)=O)cc1[N+](=O)[O-]. The Balaban J connectivity index is 2.63. The van der Waals surface area contributed by atoms with E-state index < -0.39 is 31.6 Å². The molecule has 9 heteroatoms. The van der Waals surface area contributed by atoms with Gasteiger partial charge in [-0.15, -0.1) is 0 Å². The highest BCUT2D eigenvalue weighted by atomic mass is 32.2. The molecule has 0 radical (unpaired) electrons. The summed E-state index contributed by atoms with van der Waals surface area (Å²) in [5.74, 6) is -0.345. The summed E-state index contributed by atoms with van der Waals surface area (Å²) in [6.07, 6.45) is 2.14. The standard InChI is InChI=1S/C15H16N2O6S/c1-15(2,3)14-11(8-16-23-14)13(18)10-6-5-9(24(4,21)22)7-12(10)17(19)20/h5-8H,1-4H3. The first-order chi connectivity index (χ1) is 10.9. The molecule has 1 aromatic carbocycles. The van der Waals surface area contributed by atoms with E-state index in [-0.39, 0.29) is 16.0 Å². The van der Waals surface area contributed by atoms with Gasteiger partial charge >= 0.3 is 0 Å². The van der Waals surface area contributed by atoms with Gasteiger partial charge in [0, 0.05) is 17.7 Å². The molecular weight excluding hydrogens is 336 g/mol. The zero-order valence-electron chi connectivity index (χ0n) is 13.6. The normalized spacial score (nSPS) is 12.2. The molecule has 0 aliphatic carbocycles. The molecule has 0 saturated carbocycles. The number of sulfone groups is 1. The van der Waals surface area contributed by atoms with Gasteiger partial charge in [0.1, 0.15) is 5.56 Å². The molecular formula is C15H16N2O6S. The molecule has 0 aliphatic rings. The summed E-state index contributed by atoms with van der Waals surface area (Å²) < 4.78 is 28.3. The Morgan fingerprint density at radius 1 is 1.25 bits per heavy atom. The zero-order valence-corrected chi connectivity index (χ0v) is 14.4. The average Bonchev–Trinajstić information content (AvgIpc) is 2.94. The van der Waals surface area contributed by atoms with Crippen molar-refractivity contribution in [3.05, 3.63) is 51.4 Å². The van der Waals surface area contributed by atoms with Gasteiger partial charge in [-0.1, -0.05) is 25.9 Å². The van der Waals surface area contributed by atoms with Gasteiger partial charge in [0.15, 0.2) is 15.6 Å². The second-order valence-corrected chi connectivity index (χ2v) is 8.37. The minimum atomic E-state index is -3.63. The summed E-state index contributed by atoms with van der Waals surface area (Å²) in [6.45, 7) is 5.43. The Bertz CT molecular complexity index is 922. The Kier molecular flexibility index (Phi) is 4.32. The molecule has 0 unspecified atom stereocenters. The van der Waals surface area contributed by atoms with Crippen LogP contribution in [0.4, 0.5) is 5.69 Å². The van der Waals surface area contributed by atoms with Crippen molar-refractivity contribution in [1.82, 2.24) is 5.16 Å². The lowest BCUT2D eigenvalue weighted by molar-refractivity contribution is -0.385. The molecule has 8 nitrogen and oxygen atoms in total. The fourth-order valence-electron chi connectivity index (χ4n) is 2.17.